The van der Waals surface area contributed by atoms with Gasteiger partial charge in [0.1, 0.15) is 0 Å². The standard InChI is InChI=1S/C19H17IN2O3S/c1-3-25-17(23)11-26-19-21-15-9-8-13(20)10-14(15)18(24)22(19)16-7-5-4-6-12(16)2/h4-10H,3,11H2,1-2H3. The predicted molar refractivity (Wildman–Crippen MR) is 112 cm³/mol. The number of halogens is 1. The minimum absolute atomic E-state index is 0.0992. The van der Waals surface area contributed by atoms with Crippen molar-refractivity contribution in [1.82, 2.24) is 9.55 Å². The van der Waals surface area contributed by atoms with E-state index in [4.69, 9.17) is 4.74 Å². The summed E-state index contributed by atoms with van der Waals surface area (Å²) in [5.41, 5.74) is 2.19. The average Bonchev–Trinajstić information content (AvgIpc) is 2.62. The van der Waals surface area contributed by atoms with Crippen molar-refractivity contribution in [1.29, 1.82) is 0 Å². The summed E-state index contributed by atoms with van der Waals surface area (Å²) in [5, 5.41) is 1.03. The van der Waals surface area contributed by atoms with Crippen LogP contribution < -0.4 is 5.56 Å². The Morgan fingerprint density at radius 1 is 1.27 bits per heavy atom. The second kappa shape index (κ2) is 8.22. The summed E-state index contributed by atoms with van der Waals surface area (Å²) in [7, 11) is 0. The molecule has 3 rings (SSSR count). The molecule has 3 aromatic rings. The van der Waals surface area contributed by atoms with Gasteiger partial charge in [0, 0.05) is 3.57 Å². The highest BCUT2D eigenvalue weighted by Crippen LogP contribution is 2.24. The van der Waals surface area contributed by atoms with Crippen LogP contribution in [0.4, 0.5) is 0 Å². The van der Waals surface area contributed by atoms with Crippen molar-refractivity contribution < 1.29 is 9.53 Å². The Hall–Kier alpha value is -1.87. The summed E-state index contributed by atoms with van der Waals surface area (Å²) in [6.07, 6.45) is 0. The summed E-state index contributed by atoms with van der Waals surface area (Å²) in [6, 6.07) is 13.2. The maximum Gasteiger partial charge on any atom is 0.316 e. The summed E-state index contributed by atoms with van der Waals surface area (Å²) in [5.74, 6) is -0.229. The van der Waals surface area contributed by atoms with Crippen molar-refractivity contribution >= 4 is 51.2 Å². The van der Waals surface area contributed by atoms with E-state index in [2.05, 4.69) is 27.6 Å². The minimum Gasteiger partial charge on any atom is -0.465 e. The molecule has 0 saturated carbocycles. The molecule has 2 aromatic carbocycles. The lowest BCUT2D eigenvalue weighted by Crippen LogP contribution is -2.23. The maximum atomic E-state index is 13.2. The summed E-state index contributed by atoms with van der Waals surface area (Å²) >= 11 is 3.39. The molecule has 0 bridgehead atoms. The maximum absolute atomic E-state index is 13.2. The number of rotatable bonds is 5. The largest absolute Gasteiger partial charge is 0.465 e. The normalized spacial score (nSPS) is 10.9. The van der Waals surface area contributed by atoms with Crippen LogP contribution in [-0.2, 0) is 9.53 Å². The molecule has 0 radical (unpaired) electrons. The third-order valence-corrected chi connectivity index (χ3v) is 5.36. The molecule has 134 valence electrons. The van der Waals surface area contributed by atoms with Crippen molar-refractivity contribution in [2.75, 3.05) is 12.4 Å². The molecule has 7 heteroatoms. The first-order valence-corrected chi connectivity index (χ1v) is 10.1. The van der Waals surface area contributed by atoms with E-state index < -0.39 is 0 Å². The summed E-state index contributed by atoms with van der Waals surface area (Å²) < 4.78 is 7.54. The smallest absolute Gasteiger partial charge is 0.316 e. The Kier molecular flexibility index (Phi) is 5.98. The van der Waals surface area contributed by atoms with E-state index in [1.165, 1.54) is 11.8 Å². The van der Waals surface area contributed by atoms with Crippen LogP contribution in [0.1, 0.15) is 12.5 Å². The number of ether oxygens (including phenoxy) is 1. The quantitative estimate of drug-likeness (QED) is 0.240. The van der Waals surface area contributed by atoms with Crippen molar-refractivity contribution in [2.45, 2.75) is 19.0 Å². The van der Waals surface area contributed by atoms with Gasteiger partial charge in [-0.3, -0.25) is 14.2 Å². The van der Waals surface area contributed by atoms with Crippen LogP contribution >= 0.6 is 34.4 Å². The molecular formula is C19H17IN2O3S. The van der Waals surface area contributed by atoms with Gasteiger partial charge in [-0.1, -0.05) is 30.0 Å². The molecule has 0 unspecified atom stereocenters. The van der Waals surface area contributed by atoms with Crippen LogP contribution in [0, 0.1) is 10.5 Å². The molecular weight excluding hydrogens is 463 g/mol. The number of hydrogen-bond donors (Lipinski definition) is 0. The first-order chi connectivity index (χ1) is 12.5. The molecule has 0 aliphatic carbocycles. The lowest BCUT2D eigenvalue weighted by molar-refractivity contribution is -0.139. The predicted octanol–water partition coefficient (Wildman–Crippen LogP) is 3.95. The lowest BCUT2D eigenvalue weighted by atomic mass is 10.2. The SMILES string of the molecule is CCOC(=O)CSc1nc2ccc(I)cc2c(=O)n1-c1ccccc1C. The number of carbonyl (C=O) groups excluding carboxylic acids is 1. The molecule has 1 aromatic heterocycles. The molecule has 0 spiro atoms. The number of para-hydroxylation sites is 1. The molecule has 0 saturated heterocycles. The van der Waals surface area contributed by atoms with E-state index in [1.807, 2.05) is 49.4 Å². The van der Waals surface area contributed by atoms with Crippen molar-refractivity contribution in [3.05, 3.63) is 62.0 Å². The monoisotopic (exact) mass is 480 g/mol. The second-order valence-electron chi connectivity index (χ2n) is 5.58. The Bertz CT molecular complexity index is 1030. The van der Waals surface area contributed by atoms with Crippen LogP contribution in [0.2, 0.25) is 0 Å². The zero-order valence-electron chi connectivity index (χ0n) is 14.4. The average molecular weight is 480 g/mol. The molecule has 0 N–H and O–H groups in total. The van der Waals surface area contributed by atoms with E-state index in [-0.39, 0.29) is 17.3 Å². The van der Waals surface area contributed by atoms with Gasteiger partial charge < -0.3 is 4.74 Å². The number of aromatic nitrogens is 2. The third kappa shape index (κ3) is 3.93. The molecule has 0 atom stereocenters. The third-order valence-electron chi connectivity index (χ3n) is 3.78. The highest BCUT2D eigenvalue weighted by Gasteiger charge is 2.16. The fourth-order valence-corrected chi connectivity index (χ4v) is 3.88. The van der Waals surface area contributed by atoms with Gasteiger partial charge in [-0.25, -0.2) is 4.98 Å². The van der Waals surface area contributed by atoms with Crippen molar-refractivity contribution in [3.63, 3.8) is 0 Å². The van der Waals surface area contributed by atoms with Crippen LogP contribution in [0.5, 0.6) is 0 Å². The van der Waals surface area contributed by atoms with Crippen LogP contribution in [0.15, 0.2) is 52.4 Å². The molecule has 1 heterocycles. The van der Waals surface area contributed by atoms with Crippen LogP contribution in [0.25, 0.3) is 16.6 Å². The van der Waals surface area contributed by atoms with Gasteiger partial charge in [0.2, 0.25) is 0 Å². The number of esters is 1. The molecule has 26 heavy (non-hydrogen) atoms. The van der Waals surface area contributed by atoms with Gasteiger partial charge in [0.15, 0.2) is 5.16 Å². The zero-order valence-corrected chi connectivity index (χ0v) is 17.3. The Morgan fingerprint density at radius 3 is 2.77 bits per heavy atom. The Labute approximate surface area is 168 Å². The summed E-state index contributed by atoms with van der Waals surface area (Å²) in [6.45, 7) is 4.04. The van der Waals surface area contributed by atoms with E-state index in [1.54, 1.807) is 11.5 Å². The van der Waals surface area contributed by atoms with Gasteiger partial charge in [-0.2, -0.15) is 0 Å². The molecule has 5 nitrogen and oxygen atoms in total. The number of hydrogen-bond acceptors (Lipinski definition) is 5. The first-order valence-electron chi connectivity index (χ1n) is 8.08. The number of aryl methyl sites for hydroxylation is 1. The van der Waals surface area contributed by atoms with E-state index in [0.717, 1.165) is 14.8 Å². The van der Waals surface area contributed by atoms with E-state index in [9.17, 15) is 9.59 Å². The highest BCUT2D eigenvalue weighted by molar-refractivity contribution is 14.1. The van der Waals surface area contributed by atoms with Crippen molar-refractivity contribution in [2.24, 2.45) is 0 Å². The van der Waals surface area contributed by atoms with E-state index in [0.29, 0.717) is 22.7 Å². The first kappa shape index (κ1) is 18.9. The number of nitrogens with zero attached hydrogens (tertiary/aromatic N) is 2. The fraction of sp³-hybridized carbons (Fsp3) is 0.211. The second-order valence-corrected chi connectivity index (χ2v) is 7.76. The van der Waals surface area contributed by atoms with E-state index >= 15 is 0 Å². The molecule has 0 aliphatic heterocycles. The highest BCUT2D eigenvalue weighted by atomic mass is 127. The van der Waals surface area contributed by atoms with Gasteiger partial charge in [-0.15, -0.1) is 0 Å². The Balaban J connectivity index is 2.19. The van der Waals surface area contributed by atoms with Gasteiger partial charge >= 0.3 is 5.97 Å². The fourth-order valence-electron chi connectivity index (χ4n) is 2.59. The number of carbonyl (C=O) groups is 1. The molecule has 0 fully saturated rings. The summed E-state index contributed by atoms with van der Waals surface area (Å²) in [4.78, 5) is 29.6. The van der Waals surface area contributed by atoms with Crippen LogP contribution in [-0.4, -0.2) is 27.9 Å². The molecule has 0 aliphatic rings. The molecule has 0 amide bonds. The Morgan fingerprint density at radius 2 is 2.04 bits per heavy atom. The van der Waals surface area contributed by atoms with Crippen molar-refractivity contribution in [3.8, 4) is 5.69 Å². The van der Waals surface area contributed by atoms with Gasteiger partial charge in [-0.05, 0) is 66.3 Å². The number of fused-ring (bicyclic) bond motifs is 1. The van der Waals surface area contributed by atoms with Gasteiger partial charge in [0.05, 0.1) is 29.0 Å². The lowest BCUT2D eigenvalue weighted by Gasteiger charge is -2.15. The zero-order chi connectivity index (χ0) is 18.7. The minimum atomic E-state index is -0.328. The van der Waals surface area contributed by atoms with Gasteiger partial charge in [0.25, 0.3) is 5.56 Å². The number of benzene rings is 2. The topological polar surface area (TPSA) is 61.2 Å². The van der Waals surface area contributed by atoms with Crippen LogP contribution in [0.3, 0.4) is 0 Å². The number of thioether (sulfide) groups is 1.